The van der Waals surface area contributed by atoms with Crippen LogP contribution in [0.25, 0.3) is 6.08 Å². The Balaban J connectivity index is 2.14. The van der Waals surface area contributed by atoms with E-state index in [-0.39, 0.29) is 18.1 Å². The Morgan fingerprint density at radius 2 is 2.14 bits per heavy atom. The summed E-state index contributed by atoms with van der Waals surface area (Å²) in [7, 11) is 0. The van der Waals surface area contributed by atoms with Gasteiger partial charge in [0.25, 0.3) is 5.91 Å². The number of nitrogens with one attached hydrogen (secondary N) is 1. The van der Waals surface area contributed by atoms with Crippen molar-refractivity contribution < 1.29 is 23.8 Å². The van der Waals surface area contributed by atoms with E-state index in [2.05, 4.69) is 5.32 Å². The van der Waals surface area contributed by atoms with E-state index >= 15 is 0 Å². The number of carbonyl (C=O) groups excluding carboxylic acids is 1. The number of carboxylic acid groups (broad SMARTS) is 1. The summed E-state index contributed by atoms with van der Waals surface area (Å²) in [6.45, 7) is 3.78. The van der Waals surface area contributed by atoms with E-state index in [1.807, 2.05) is 13.8 Å². The van der Waals surface area contributed by atoms with Gasteiger partial charge in [-0.1, -0.05) is 13.8 Å². The summed E-state index contributed by atoms with van der Waals surface area (Å²) < 4.78 is 18.6. The van der Waals surface area contributed by atoms with Crippen molar-refractivity contribution in [3.8, 4) is 5.75 Å². The molecule has 1 amide bonds. The van der Waals surface area contributed by atoms with Crippen LogP contribution in [0.2, 0.25) is 0 Å². The SMILES string of the molecule is CC(C)C[C@@H](NC(=O)C1=Cc2cc(F)ccc2OC1)C(=O)O. The lowest BCUT2D eigenvalue weighted by atomic mass is 10.0. The minimum atomic E-state index is -1.08. The second kappa shape index (κ2) is 6.60. The highest BCUT2D eigenvalue weighted by molar-refractivity contribution is 6.00. The van der Waals surface area contributed by atoms with E-state index in [9.17, 15) is 14.0 Å². The van der Waals surface area contributed by atoms with Crippen LogP contribution in [-0.4, -0.2) is 29.6 Å². The number of hydrogen-bond acceptors (Lipinski definition) is 3. The summed E-state index contributed by atoms with van der Waals surface area (Å²) in [5.74, 6) is -1.39. The van der Waals surface area contributed by atoms with Crippen molar-refractivity contribution in [3.63, 3.8) is 0 Å². The molecule has 2 N–H and O–H groups in total. The highest BCUT2D eigenvalue weighted by atomic mass is 19.1. The van der Waals surface area contributed by atoms with Gasteiger partial charge < -0.3 is 15.2 Å². The van der Waals surface area contributed by atoms with Crippen LogP contribution in [0.3, 0.4) is 0 Å². The zero-order valence-electron chi connectivity index (χ0n) is 12.4. The Hall–Kier alpha value is -2.37. The number of amides is 1. The summed E-state index contributed by atoms with van der Waals surface area (Å²) >= 11 is 0. The predicted octanol–water partition coefficient (Wildman–Crippen LogP) is 2.22. The van der Waals surface area contributed by atoms with Gasteiger partial charge in [-0.2, -0.15) is 0 Å². The Morgan fingerprint density at radius 1 is 1.41 bits per heavy atom. The first-order valence-electron chi connectivity index (χ1n) is 7.03. The maximum Gasteiger partial charge on any atom is 0.326 e. The van der Waals surface area contributed by atoms with E-state index in [0.717, 1.165) is 0 Å². The fourth-order valence-electron chi connectivity index (χ4n) is 2.22. The van der Waals surface area contributed by atoms with Crippen LogP contribution in [0.4, 0.5) is 4.39 Å². The smallest absolute Gasteiger partial charge is 0.326 e. The molecule has 118 valence electrons. The van der Waals surface area contributed by atoms with Crippen molar-refractivity contribution in [2.45, 2.75) is 26.3 Å². The number of carbonyl (C=O) groups is 2. The van der Waals surface area contributed by atoms with Gasteiger partial charge >= 0.3 is 5.97 Å². The molecule has 0 aromatic heterocycles. The van der Waals surface area contributed by atoms with E-state index in [1.165, 1.54) is 24.3 Å². The maximum atomic E-state index is 13.2. The average molecular weight is 307 g/mol. The summed E-state index contributed by atoms with van der Waals surface area (Å²) in [6.07, 6.45) is 1.85. The molecule has 6 heteroatoms. The first-order chi connectivity index (χ1) is 10.4. The molecule has 0 saturated carbocycles. The lowest BCUT2D eigenvalue weighted by Gasteiger charge is -2.20. The standard InChI is InChI=1S/C16H18FNO4/c1-9(2)5-13(16(20)21)18-15(19)11-6-10-7-12(17)3-4-14(10)22-8-11/h3-4,6-7,9,13H,5,8H2,1-2H3,(H,18,19)(H,20,21)/t13-/m1/s1. The zero-order chi connectivity index (χ0) is 16.3. The zero-order valence-corrected chi connectivity index (χ0v) is 12.4. The van der Waals surface area contributed by atoms with E-state index in [1.54, 1.807) is 0 Å². The Morgan fingerprint density at radius 3 is 2.77 bits per heavy atom. The third kappa shape index (κ3) is 3.84. The fourth-order valence-corrected chi connectivity index (χ4v) is 2.22. The lowest BCUT2D eigenvalue weighted by Crippen LogP contribution is -2.43. The van der Waals surface area contributed by atoms with Crippen LogP contribution in [-0.2, 0) is 9.59 Å². The first-order valence-corrected chi connectivity index (χ1v) is 7.03. The molecule has 5 nitrogen and oxygen atoms in total. The van der Waals surface area contributed by atoms with Crippen molar-refractivity contribution in [2.24, 2.45) is 5.92 Å². The average Bonchev–Trinajstić information content (AvgIpc) is 2.45. The first kappa shape index (κ1) is 16.0. The van der Waals surface area contributed by atoms with Gasteiger partial charge in [-0.05, 0) is 36.6 Å². The second-order valence-corrected chi connectivity index (χ2v) is 5.63. The van der Waals surface area contributed by atoms with E-state index in [0.29, 0.717) is 17.7 Å². The fraction of sp³-hybridized carbons (Fsp3) is 0.375. The van der Waals surface area contributed by atoms with Crippen LogP contribution in [0.1, 0.15) is 25.8 Å². The van der Waals surface area contributed by atoms with Gasteiger partial charge in [-0.3, -0.25) is 4.79 Å². The molecule has 0 bridgehead atoms. The summed E-state index contributed by atoms with van der Waals surface area (Å²) in [4.78, 5) is 23.4. The molecule has 0 unspecified atom stereocenters. The van der Waals surface area contributed by atoms with Gasteiger partial charge in [0.15, 0.2) is 0 Å². The van der Waals surface area contributed by atoms with Gasteiger partial charge in [-0.25, -0.2) is 9.18 Å². The molecule has 22 heavy (non-hydrogen) atoms. The number of ether oxygens (including phenoxy) is 1. The lowest BCUT2D eigenvalue weighted by molar-refractivity contribution is -0.141. The van der Waals surface area contributed by atoms with Gasteiger partial charge in [-0.15, -0.1) is 0 Å². The van der Waals surface area contributed by atoms with Crippen LogP contribution in [0.5, 0.6) is 5.75 Å². The van der Waals surface area contributed by atoms with Gasteiger partial charge in [0.1, 0.15) is 24.2 Å². The van der Waals surface area contributed by atoms with Crippen molar-refractivity contribution >= 4 is 18.0 Å². The van der Waals surface area contributed by atoms with Crippen molar-refractivity contribution in [3.05, 3.63) is 35.2 Å². The molecule has 0 fully saturated rings. The summed E-state index contributed by atoms with van der Waals surface area (Å²) in [5, 5.41) is 11.6. The van der Waals surface area contributed by atoms with Gasteiger partial charge in [0.2, 0.25) is 0 Å². The molecule has 0 spiro atoms. The van der Waals surface area contributed by atoms with Crippen molar-refractivity contribution in [1.82, 2.24) is 5.32 Å². The Kier molecular flexibility index (Phi) is 4.80. The monoisotopic (exact) mass is 307 g/mol. The summed E-state index contributed by atoms with van der Waals surface area (Å²) in [6, 6.07) is 3.09. The molecule has 1 aliphatic heterocycles. The molecule has 0 aliphatic carbocycles. The quantitative estimate of drug-likeness (QED) is 0.874. The Labute approximate surface area is 127 Å². The van der Waals surface area contributed by atoms with Crippen LogP contribution >= 0.6 is 0 Å². The third-order valence-corrected chi connectivity index (χ3v) is 3.29. The molecule has 1 aromatic carbocycles. The number of benzene rings is 1. The predicted molar refractivity (Wildman–Crippen MR) is 78.9 cm³/mol. The normalized spacial score (nSPS) is 14.6. The number of aliphatic carboxylic acids is 1. The van der Waals surface area contributed by atoms with Crippen LogP contribution in [0, 0.1) is 11.7 Å². The van der Waals surface area contributed by atoms with E-state index in [4.69, 9.17) is 9.84 Å². The van der Waals surface area contributed by atoms with Crippen LogP contribution < -0.4 is 10.1 Å². The van der Waals surface area contributed by atoms with Gasteiger partial charge in [0.05, 0.1) is 5.57 Å². The minimum Gasteiger partial charge on any atom is -0.488 e. The second-order valence-electron chi connectivity index (χ2n) is 5.63. The van der Waals surface area contributed by atoms with Crippen molar-refractivity contribution in [2.75, 3.05) is 6.61 Å². The molecule has 1 heterocycles. The number of rotatable bonds is 5. The van der Waals surface area contributed by atoms with Crippen LogP contribution in [0.15, 0.2) is 23.8 Å². The molecule has 1 aliphatic rings. The Bertz CT molecular complexity index is 625. The topological polar surface area (TPSA) is 75.6 Å². The molecule has 0 saturated heterocycles. The molecular weight excluding hydrogens is 289 g/mol. The number of carboxylic acids is 1. The largest absolute Gasteiger partial charge is 0.488 e. The highest BCUT2D eigenvalue weighted by Crippen LogP contribution is 2.27. The molecule has 0 radical (unpaired) electrons. The molecule has 1 atom stereocenters. The minimum absolute atomic E-state index is 0.0263. The number of halogens is 1. The summed E-state index contributed by atoms with van der Waals surface area (Å²) in [5.41, 5.74) is 0.736. The molecular formula is C16H18FNO4. The molecule has 2 rings (SSSR count). The number of fused-ring (bicyclic) bond motifs is 1. The molecule has 1 aromatic rings. The third-order valence-electron chi connectivity index (χ3n) is 3.29. The van der Waals surface area contributed by atoms with Gasteiger partial charge in [0, 0.05) is 5.56 Å². The maximum absolute atomic E-state index is 13.2. The highest BCUT2D eigenvalue weighted by Gasteiger charge is 2.24. The van der Waals surface area contributed by atoms with E-state index < -0.39 is 23.7 Å². The number of hydrogen-bond donors (Lipinski definition) is 2. The van der Waals surface area contributed by atoms with Crippen molar-refractivity contribution in [1.29, 1.82) is 0 Å².